The van der Waals surface area contributed by atoms with Gasteiger partial charge >= 0.3 is 0 Å². The minimum Gasteiger partial charge on any atom is -0.486 e. The molecule has 3 aromatic rings. The van der Waals surface area contributed by atoms with Crippen LogP contribution < -0.4 is 10.1 Å². The van der Waals surface area contributed by atoms with Crippen LogP contribution in [0.25, 0.3) is 0 Å². The number of nitrogens with zero attached hydrogens (tertiary/aromatic N) is 4. The predicted octanol–water partition coefficient (Wildman–Crippen LogP) is 4.30. The van der Waals surface area contributed by atoms with Gasteiger partial charge in [-0.3, -0.25) is 4.79 Å². The predicted molar refractivity (Wildman–Crippen MR) is 113 cm³/mol. The number of carbonyl (C=O) groups is 1. The molecule has 0 bridgehead atoms. The van der Waals surface area contributed by atoms with Crippen molar-refractivity contribution in [3.63, 3.8) is 0 Å². The number of nitriles is 1. The SMILES string of the molecule is CCn1c(COc2ccc(Br)cc2)nnc1SCC(=O)Nc1sccc1C#N. The van der Waals surface area contributed by atoms with E-state index in [9.17, 15) is 4.79 Å². The van der Waals surface area contributed by atoms with Crippen LogP contribution in [0.5, 0.6) is 5.75 Å². The number of carbonyl (C=O) groups excluding carboxylic acids is 1. The molecule has 144 valence electrons. The lowest BCUT2D eigenvalue weighted by molar-refractivity contribution is -0.113. The first-order valence-electron chi connectivity index (χ1n) is 8.31. The van der Waals surface area contributed by atoms with Crippen molar-refractivity contribution in [3.05, 3.63) is 51.6 Å². The summed E-state index contributed by atoms with van der Waals surface area (Å²) in [7, 11) is 0. The second kappa shape index (κ2) is 9.73. The molecule has 3 rings (SSSR count). The number of hydrogen-bond acceptors (Lipinski definition) is 7. The van der Waals surface area contributed by atoms with Crippen molar-refractivity contribution in [2.45, 2.75) is 25.2 Å². The Hall–Kier alpha value is -2.35. The highest BCUT2D eigenvalue weighted by Crippen LogP contribution is 2.24. The van der Waals surface area contributed by atoms with Crippen molar-refractivity contribution in [1.82, 2.24) is 14.8 Å². The average molecular weight is 478 g/mol. The molecule has 1 aromatic carbocycles. The van der Waals surface area contributed by atoms with Gasteiger partial charge in [-0.15, -0.1) is 21.5 Å². The van der Waals surface area contributed by atoms with Crippen LogP contribution in [0, 0.1) is 11.3 Å². The molecule has 0 aliphatic heterocycles. The first kappa shape index (κ1) is 20.4. The number of anilines is 1. The zero-order chi connectivity index (χ0) is 19.9. The Bertz CT molecular complexity index is 994. The summed E-state index contributed by atoms with van der Waals surface area (Å²) in [6.45, 7) is 2.94. The number of aromatic nitrogens is 3. The molecular formula is C18H16BrN5O2S2. The number of nitrogens with one attached hydrogen (secondary N) is 1. The van der Waals surface area contributed by atoms with Crippen molar-refractivity contribution in [2.24, 2.45) is 0 Å². The monoisotopic (exact) mass is 477 g/mol. The van der Waals surface area contributed by atoms with Crippen LogP contribution in [0.2, 0.25) is 0 Å². The van der Waals surface area contributed by atoms with E-state index < -0.39 is 0 Å². The van der Waals surface area contributed by atoms with Crippen LogP contribution in [0.15, 0.2) is 45.3 Å². The molecule has 0 aliphatic carbocycles. The maximum Gasteiger partial charge on any atom is 0.235 e. The number of benzene rings is 1. The molecule has 0 unspecified atom stereocenters. The smallest absolute Gasteiger partial charge is 0.235 e. The van der Waals surface area contributed by atoms with Gasteiger partial charge in [-0.1, -0.05) is 27.7 Å². The molecule has 7 nitrogen and oxygen atoms in total. The molecule has 28 heavy (non-hydrogen) atoms. The van der Waals surface area contributed by atoms with Crippen LogP contribution in [-0.2, 0) is 17.9 Å². The number of amides is 1. The molecule has 0 aliphatic rings. The highest BCUT2D eigenvalue weighted by atomic mass is 79.9. The van der Waals surface area contributed by atoms with Crippen LogP contribution in [0.1, 0.15) is 18.3 Å². The van der Waals surface area contributed by atoms with Crippen LogP contribution in [0.3, 0.4) is 0 Å². The fourth-order valence-electron chi connectivity index (χ4n) is 2.32. The van der Waals surface area contributed by atoms with Gasteiger partial charge in [-0.05, 0) is 42.6 Å². The lowest BCUT2D eigenvalue weighted by Crippen LogP contribution is -2.14. The quantitative estimate of drug-likeness (QED) is 0.486. The van der Waals surface area contributed by atoms with E-state index in [0.717, 1.165) is 10.2 Å². The third-order valence-electron chi connectivity index (χ3n) is 3.66. The number of ether oxygens (including phenoxy) is 1. The van der Waals surface area contributed by atoms with Crippen molar-refractivity contribution in [2.75, 3.05) is 11.1 Å². The fraction of sp³-hybridized carbons (Fsp3) is 0.222. The van der Waals surface area contributed by atoms with Crippen molar-refractivity contribution < 1.29 is 9.53 Å². The molecule has 0 saturated carbocycles. The Morgan fingerprint density at radius 3 is 2.86 bits per heavy atom. The summed E-state index contributed by atoms with van der Waals surface area (Å²) in [5.74, 6) is 1.42. The lowest BCUT2D eigenvalue weighted by Gasteiger charge is -2.09. The first-order chi connectivity index (χ1) is 13.6. The van der Waals surface area contributed by atoms with Crippen molar-refractivity contribution >= 4 is 49.9 Å². The van der Waals surface area contributed by atoms with E-state index in [4.69, 9.17) is 10.00 Å². The van der Waals surface area contributed by atoms with E-state index >= 15 is 0 Å². The Kier molecular flexibility index (Phi) is 7.08. The van der Waals surface area contributed by atoms with Crippen LogP contribution in [-0.4, -0.2) is 26.4 Å². The fourth-order valence-corrected chi connectivity index (χ4v) is 4.16. The Balaban J connectivity index is 1.58. The molecule has 0 atom stereocenters. The number of rotatable bonds is 8. The third-order valence-corrected chi connectivity index (χ3v) is 5.99. The topological polar surface area (TPSA) is 92.8 Å². The third kappa shape index (κ3) is 5.13. The number of hydrogen-bond donors (Lipinski definition) is 1. The van der Waals surface area contributed by atoms with E-state index in [1.165, 1.54) is 23.1 Å². The summed E-state index contributed by atoms with van der Waals surface area (Å²) in [4.78, 5) is 12.2. The Morgan fingerprint density at radius 2 is 2.14 bits per heavy atom. The standard InChI is InChI=1S/C18H16BrN5O2S2/c1-2-24-15(10-26-14-5-3-13(19)4-6-14)22-23-18(24)28-11-16(25)21-17-12(9-20)7-8-27-17/h3-8H,2,10-11H2,1H3,(H,21,25). The van der Waals surface area contributed by atoms with Gasteiger partial charge in [0.05, 0.1) is 11.3 Å². The van der Waals surface area contributed by atoms with E-state index in [0.29, 0.717) is 28.1 Å². The highest BCUT2D eigenvalue weighted by Gasteiger charge is 2.15. The maximum absolute atomic E-state index is 12.2. The van der Waals surface area contributed by atoms with Crippen LogP contribution >= 0.6 is 39.0 Å². The Morgan fingerprint density at radius 1 is 1.36 bits per heavy atom. The van der Waals surface area contributed by atoms with Crippen molar-refractivity contribution in [3.8, 4) is 11.8 Å². The molecule has 2 aromatic heterocycles. The first-order valence-corrected chi connectivity index (χ1v) is 11.0. The molecule has 0 fully saturated rings. The van der Waals surface area contributed by atoms with Gasteiger partial charge in [-0.25, -0.2) is 0 Å². The normalized spacial score (nSPS) is 10.5. The summed E-state index contributed by atoms with van der Waals surface area (Å²) in [6, 6.07) is 11.3. The van der Waals surface area contributed by atoms with E-state index in [2.05, 4.69) is 37.5 Å². The maximum atomic E-state index is 12.2. The number of thiophene rings is 1. The van der Waals surface area contributed by atoms with E-state index in [-0.39, 0.29) is 18.3 Å². The minimum atomic E-state index is -0.192. The average Bonchev–Trinajstić information content (AvgIpc) is 3.31. The van der Waals surface area contributed by atoms with E-state index in [1.807, 2.05) is 35.8 Å². The molecule has 1 amide bonds. The molecule has 1 N–H and O–H groups in total. The van der Waals surface area contributed by atoms with Gasteiger partial charge in [0.1, 0.15) is 23.4 Å². The summed E-state index contributed by atoms with van der Waals surface area (Å²) < 4.78 is 8.67. The summed E-state index contributed by atoms with van der Waals surface area (Å²) in [5.41, 5.74) is 0.465. The zero-order valence-corrected chi connectivity index (χ0v) is 18.1. The molecular weight excluding hydrogens is 462 g/mol. The molecule has 2 heterocycles. The number of thioether (sulfide) groups is 1. The Labute approximate surface area is 178 Å². The summed E-state index contributed by atoms with van der Waals surface area (Å²) in [5, 5.41) is 23.1. The highest BCUT2D eigenvalue weighted by molar-refractivity contribution is 9.10. The van der Waals surface area contributed by atoms with Crippen LogP contribution in [0.4, 0.5) is 5.00 Å². The largest absolute Gasteiger partial charge is 0.486 e. The summed E-state index contributed by atoms with van der Waals surface area (Å²) >= 11 is 6.01. The number of halogens is 1. The van der Waals surface area contributed by atoms with Gasteiger partial charge in [0.15, 0.2) is 11.0 Å². The van der Waals surface area contributed by atoms with E-state index in [1.54, 1.807) is 11.4 Å². The van der Waals surface area contributed by atoms with Gasteiger partial charge in [-0.2, -0.15) is 5.26 Å². The molecule has 0 radical (unpaired) electrons. The van der Waals surface area contributed by atoms with Gasteiger partial charge in [0.2, 0.25) is 5.91 Å². The second-order valence-electron chi connectivity index (χ2n) is 5.50. The molecule has 10 heteroatoms. The van der Waals surface area contributed by atoms with Crippen molar-refractivity contribution in [1.29, 1.82) is 5.26 Å². The summed E-state index contributed by atoms with van der Waals surface area (Å²) in [6.07, 6.45) is 0. The second-order valence-corrected chi connectivity index (χ2v) is 8.27. The van der Waals surface area contributed by atoms with Gasteiger partial charge in [0.25, 0.3) is 0 Å². The van der Waals surface area contributed by atoms with Gasteiger partial charge < -0.3 is 14.6 Å². The van der Waals surface area contributed by atoms with Gasteiger partial charge in [0, 0.05) is 11.0 Å². The lowest BCUT2D eigenvalue weighted by atomic mass is 10.3. The zero-order valence-electron chi connectivity index (χ0n) is 14.9. The minimum absolute atomic E-state index is 0.175. The molecule has 0 saturated heterocycles. The molecule has 0 spiro atoms.